The van der Waals surface area contributed by atoms with Crippen LogP contribution in [0.3, 0.4) is 0 Å². The number of carbonyl (C=O) groups excluding carboxylic acids is 2. The van der Waals surface area contributed by atoms with Crippen LogP contribution in [0.25, 0.3) is 11.1 Å². The van der Waals surface area contributed by atoms with E-state index in [1.165, 1.54) is 11.1 Å². The summed E-state index contributed by atoms with van der Waals surface area (Å²) < 4.78 is 6.52. The first-order valence-corrected chi connectivity index (χ1v) is 11.2. The molecule has 4 rings (SSSR count). The number of carbonyl (C=O) groups is 2. The number of ether oxygens (including phenoxy) is 1. The Morgan fingerprint density at radius 2 is 1.45 bits per heavy atom. The molecule has 1 amide bonds. The van der Waals surface area contributed by atoms with E-state index in [9.17, 15) is 9.59 Å². The zero-order chi connectivity index (χ0) is 20.2. The molecule has 1 N–H and O–H groups in total. The molecule has 0 saturated heterocycles. The first-order chi connectivity index (χ1) is 14.1. The van der Waals surface area contributed by atoms with Crippen LogP contribution in [-0.4, -0.2) is 38.4 Å². The predicted octanol–water partition coefficient (Wildman–Crippen LogP) is 3.47. The quantitative estimate of drug-likeness (QED) is 0.586. The fraction of sp³-hybridized carbons (Fsp3) is 0.167. The average Bonchev–Trinajstić information content (AvgIpc) is 3.07. The molecular weight excluding hydrogens is 429 g/mol. The molecule has 0 fully saturated rings. The van der Waals surface area contributed by atoms with Gasteiger partial charge in [-0.1, -0.05) is 0 Å². The number of fused-ring (bicyclic) bond motifs is 3. The molecule has 0 heterocycles. The van der Waals surface area contributed by atoms with Crippen LogP contribution in [0.2, 0.25) is 0 Å². The van der Waals surface area contributed by atoms with Gasteiger partial charge in [0.1, 0.15) is 0 Å². The van der Waals surface area contributed by atoms with E-state index in [-0.39, 0.29) is 32.2 Å². The Hall–Kier alpha value is -2.88. The van der Waals surface area contributed by atoms with Crippen LogP contribution in [0.1, 0.15) is 24.0 Å². The van der Waals surface area contributed by atoms with Gasteiger partial charge in [0.15, 0.2) is 0 Å². The van der Waals surface area contributed by atoms with Crippen LogP contribution in [0, 0.1) is 0 Å². The summed E-state index contributed by atoms with van der Waals surface area (Å²) in [6.45, 7) is 1.94. The van der Waals surface area contributed by atoms with Crippen LogP contribution in [0.5, 0.6) is 0 Å². The van der Waals surface area contributed by atoms with E-state index >= 15 is 0 Å². The Bertz CT molecular complexity index is 990. The first-order valence-electron chi connectivity index (χ1n) is 9.51. The van der Waals surface area contributed by atoms with Crippen LogP contribution < -0.4 is 9.78 Å². The fourth-order valence-electron chi connectivity index (χ4n) is 3.57. The number of nitrogens with one attached hydrogen (secondary N) is 1. The molecule has 0 aromatic heterocycles. The molecule has 146 valence electrons. The van der Waals surface area contributed by atoms with Gasteiger partial charge in [-0.2, -0.15) is 0 Å². The molecule has 0 aliphatic heterocycles. The van der Waals surface area contributed by atoms with Gasteiger partial charge in [-0.25, -0.2) is 0 Å². The van der Waals surface area contributed by atoms with Crippen LogP contribution in [0.4, 0.5) is 4.79 Å². The number of hydrogen-bond donors (Lipinski definition) is 1. The molecule has 29 heavy (non-hydrogen) atoms. The van der Waals surface area contributed by atoms with E-state index < -0.39 is 12.1 Å². The molecule has 5 heteroatoms. The monoisotopic (exact) mass is 451 g/mol. The van der Waals surface area contributed by atoms with Crippen molar-refractivity contribution in [2.75, 3.05) is 6.61 Å². The summed E-state index contributed by atoms with van der Waals surface area (Å²) in [5.41, 5.74) is 4.70. The van der Waals surface area contributed by atoms with Crippen molar-refractivity contribution in [3.63, 3.8) is 0 Å². The van der Waals surface area contributed by atoms with Crippen molar-refractivity contribution >= 4 is 30.2 Å². The van der Waals surface area contributed by atoms with Crippen molar-refractivity contribution in [1.29, 1.82) is 0 Å². The SMILES string of the molecule is C[C@H](NC(=O)OCC1c2ccccc2-c2ccccc21)C(=O)[Se]c1ccccc1. The second-order valence-electron chi connectivity index (χ2n) is 6.93. The van der Waals surface area contributed by atoms with Gasteiger partial charge in [0, 0.05) is 0 Å². The summed E-state index contributed by atoms with van der Waals surface area (Å²) in [6.07, 6.45) is -0.559. The molecule has 0 spiro atoms. The summed E-state index contributed by atoms with van der Waals surface area (Å²) >= 11 is -0.336. The second-order valence-corrected chi connectivity index (χ2v) is 9.19. The summed E-state index contributed by atoms with van der Waals surface area (Å²) in [7, 11) is 0. The molecular formula is C24H21NO3Se. The molecule has 4 nitrogen and oxygen atoms in total. The van der Waals surface area contributed by atoms with Crippen LogP contribution >= 0.6 is 0 Å². The van der Waals surface area contributed by atoms with Gasteiger partial charge in [0.25, 0.3) is 0 Å². The van der Waals surface area contributed by atoms with E-state index in [1.807, 2.05) is 54.6 Å². The summed E-state index contributed by atoms with van der Waals surface area (Å²) in [6, 6.07) is 25.4. The van der Waals surface area contributed by atoms with Crippen molar-refractivity contribution in [2.24, 2.45) is 0 Å². The zero-order valence-corrected chi connectivity index (χ0v) is 17.7. The Labute approximate surface area is 176 Å². The van der Waals surface area contributed by atoms with Gasteiger partial charge in [-0.15, -0.1) is 0 Å². The van der Waals surface area contributed by atoms with Crippen LogP contribution in [0.15, 0.2) is 78.9 Å². The zero-order valence-electron chi connectivity index (χ0n) is 16.0. The second kappa shape index (κ2) is 8.64. The molecule has 1 aliphatic carbocycles. The number of alkyl carbamates (subject to hydrolysis) is 1. The van der Waals surface area contributed by atoms with E-state index in [2.05, 4.69) is 29.6 Å². The van der Waals surface area contributed by atoms with Gasteiger partial charge in [-0.05, 0) is 0 Å². The van der Waals surface area contributed by atoms with E-state index in [4.69, 9.17) is 4.74 Å². The number of amides is 1. The molecule has 1 aliphatic rings. The Balaban J connectivity index is 1.37. The molecule has 3 aromatic carbocycles. The number of rotatable bonds is 6. The maximum atomic E-state index is 12.4. The third-order valence-electron chi connectivity index (χ3n) is 4.99. The summed E-state index contributed by atoms with van der Waals surface area (Å²) in [5, 5.41) is 2.68. The Kier molecular flexibility index (Phi) is 5.79. The molecule has 0 saturated carbocycles. The van der Waals surface area contributed by atoms with Crippen molar-refractivity contribution < 1.29 is 14.3 Å². The number of hydrogen-bond acceptors (Lipinski definition) is 3. The van der Waals surface area contributed by atoms with Crippen molar-refractivity contribution in [3.8, 4) is 11.1 Å². The summed E-state index contributed by atoms with van der Waals surface area (Å²) in [4.78, 5) is 24.7. The van der Waals surface area contributed by atoms with Crippen molar-refractivity contribution in [3.05, 3.63) is 90.0 Å². The first kappa shape index (κ1) is 19.4. The van der Waals surface area contributed by atoms with Gasteiger partial charge in [0.2, 0.25) is 0 Å². The van der Waals surface area contributed by atoms with Gasteiger partial charge in [0.05, 0.1) is 0 Å². The average molecular weight is 450 g/mol. The minimum absolute atomic E-state index is 0.00713. The fourth-order valence-corrected chi connectivity index (χ4v) is 5.17. The standard InChI is InChI=1S/C24H21NO3Se/c1-16(23(26)29-17-9-3-2-4-10-17)25-24(27)28-15-22-20-13-7-5-11-18(20)19-12-6-8-14-21(19)22/h2-14,16,22H,15H2,1H3,(H,25,27)/t16-/m0/s1. The van der Waals surface area contributed by atoms with Crippen molar-refractivity contribution in [2.45, 2.75) is 18.9 Å². The number of benzene rings is 3. The molecule has 0 bridgehead atoms. The molecule has 0 unspecified atom stereocenters. The Morgan fingerprint density at radius 3 is 2.07 bits per heavy atom. The van der Waals surface area contributed by atoms with Crippen LogP contribution in [-0.2, 0) is 9.53 Å². The minimum atomic E-state index is -0.578. The summed E-state index contributed by atoms with van der Waals surface area (Å²) in [5.74, 6) is 0.00713. The normalized spacial score (nSPS) is 13.3. The van der Waals surface area contributed by atoms with Gasteiger partial charge in [-0.3, -0.25) is 0 Å². The van der Waals surface area contributed by atoms with Gasteiger partial charge < -0.3 is 0 Å². The molecule has 1 atom stereocenters. The van der Waals surface area contributed by atoms with Crippen molar-refractivity contribution in [1.82, 2.24) is 5.32 Å². The van der Waals surface area contributed by atoms with E-state index in [0.29, 0.717) is 0 Å². The molecule has 0 radical (unpaired) electrons. The molecule has 3 aromatic rings. The van der Waals surface area contributed by atoms with E-state index in [1.54, 1.807) is 6.92 Å². The predicted molar refractivity (Wildman–Crippen MR) is 115 cm³/mol. The van der Waals surface area contributed by atoms with E-state index in [0.717, 1.165) is 15.6 Å². The topological polar surface area (TPSA) is 55.4 Å². The third-order valence-corrected chi connectivity index (χ3v) is 7.22. The maximum absolute atomic E-state index is 12.4. The third kappa shape index (κ3) is 4.26. The van der Waals surface area contributed by atoms with Gasteiger partial charge >= 0.3 is 176 Å². The Morgan fingerprint density at radius 1 is 0.897 bits per heavy atom.